The number of hydrogen-bond donors (Lipinski definition) is 2. The van der Waals surface area contributed by atoms with E-state index in [-0.39, 0.29) is 12.7 Å². The van der Waals surface area contributed by atoms with Gasteiger partial charge in [0.05, 0.1) is 18.2 Å². The fraction of sp³-hybridized carbons (Fsp3) is 0.190. The van der Waals surface area contributed by atoms with Crippen LogP contribution >= 0.6 is 11.6 Å². The van der Waals surface area contributed by atoms with Crippen LogP contribution in [0.2, 0.25) is 5.02 Å². The van der Waals surface area contributed by atoms with Gasteiger partial charge in [-0.2, -0.15) is 0 Å². The first-order valence-electron chi connectivity index (χ1n) is 9.57. The Hall–Kier alpha value is -3.56. The monoisotopic (exact) mass is 437 g/mol. The van der Waals surface area contributed by atoms with E-state index >= 15 is 0 Å². The van der Waals surface area contributed by atoms with Crippen molar-refractivity contribution in [3.63, 3.8) is 0 Å². The van der Waals surface area contributed by atoms with Crippen molar-refractivity contribution in [2.24, 2.45) is 0 Å². The summed E-state index contributed by atoms with van der Waals surface area (Å²) in [6.07, 6.45) is 4.78. The number of nitrogens with zero attached hydrogens (tertiary/aromatic N) is 6. The Balaban J connectivity index is 1.48. The highest BCUT2D eigenvalue weighted by molar-refractivity contribution is 6.32. The van der Waals surface area contributed by atoms with Gasteiger partial charge in [-0.05, 0) is 41.1 Å². The second-order valence-corrected chi connectivity index (χ2v) is 7.25. The van der Waals surface area contributed by atoms with Gasteiger partial charge in [0.15, 0.2) is 0 Å². The number of para-hydroxylation sites is 1. The topological polar surface area (TPSA) is 111 Å². The number of hydrogen-bond acceptors (Lipinski definition) is 8. The Bertz CT molecular complexity index is 1140. The lowest BCUT2D eigenvalue weighted by molar-refractivity contribution is 0.193. The van der Waals surface area contributed by atoms with Crippen molar-refractivity contribution in [2.75, 3.05) is 5.32 Å². The number of aliphatic hydroxyl groups excluding tert-OH is 1. The molecule has 2 N–H and O–H groups in total. The third-order valence-electron chi connectivity index (χ3n) is 4.51. The summed E-state index contributed by atoms with van der Waals surface area (Å²) in [7, 11) is 0. The number of anilines is 2. The van der Waals surface area contributed by atoms with Gasteiger partial charge in [-0.25, -0.2) is 14.6 Å². The lowest BCUT2D eigenvalue weighted by Crippen LogP contribution is -2.20. The van der Waals surface area contributed by atoms with Gasteiger partial charge in [-0.15, -0.1) is 5.10 Å². The van der Waals surface area contributed by atoms with Crippen LogP contribution in [0.4, 0.5) is 11.6 Å². The molecule has 0 saturated heterocycles. The van der Waals surface area contributed by atoms with Crippen LogP contribution in [0.1, 0.15) is 12.5 Å². The van der Waals surface area contributed by atoms with Crippen LogP contribution in [0.15, 0.2) is 61.2 Å². The lowest BCUT2D eigenvalue weighted by atomic mass is 10.1. The molecule has 9 nitrogen and oxygen atoms in total. The van der Waals surface area contributed by atoms with Crippen LogP contribution in [0, 0.1) is 0 Å². The largest absolute Gasteiger partial charge is 0.487 e. The molecule has 1 atom stereocenters. The number of aliphatic hydroxyl groups is 1. The van der Waals surface area contributed by atoms with Crippen molar-refractivity contribution < 1.29 is 9.84 Å². The first-order chi connectivity index (χ1) is 15.1. The summed E-state index contributed by atoms with van der Waals surface area (Å²) in [4.78, 5) is 8.77. The molecule has 0 aliphatic heterocycles. The standard InChI is InChI=1S/C21H20ClN7O2/c1-14(11-29-13-25-27-28-29)31-20-8-15(6-7-18(20)22)17-9-23-21(24-10-17)26-19-5-3-2-4-16(19)12-30/h2-10,13-14,30H,11-12H2,1H3,(H,23,24,26)/t14-/m0/s1. The van der Waals surface area contributed by atoms with Crippen molar-refractivity contribution in [1.82, 2.24) is 30.2 Å². The molecule has 0 aliphatic rings. The quantitative estimate of drug-likeness (QED) is 0.431. The molecule has 4 rings (SSSR count). The van der Waals surface area contributed by atoms with Crippen molar-refractivity contribution in [3.05, 3.63) is 71.8 Å². The maximum atomic E-state index is 9.46. The highest BCUT2D eigenvalue weighted by atomic mass is 35.5. The van der Waals surface area contributed by atoms with Crippen LogP contribution in [-0.4, -0.2) is 41.4 Å². The van der Waals surface area contributed by atoms with E-state index < -0.39 is 0 Å². The Kier molecular flexibility index (Phi) is 6.34. The minimum atomic E-state index is -0.189. The van der Waals surface area contributed by atoms with E-state index in [0.717, 1.165) is 22.4 Å². The Morgan fingerprint density at radius 2 is 1.94 bits per heavy atom. The van der Waals surface area contributed by atoms with E-state index in [1.165, 1.54) is 6.33 Å². The predicted octanol–water partition coefficient (Wildman–Crippen LogP) is 3.49. The molecule has 0 spiro atoms. The van der Waals surface area contributed by atoms with Crippen LogP contribution in [0.3, 0.4) is 0 Å². The van der Waals surface area contributed by atoms with E-state index in [0.29, 0.717) is 23.3 Å². The van der Waals surface area contributed by atoms with Gasteiger partial charge in [-0.3, -0.25) is 0 Å². The van der Waals surface area contributed by atoms with Gasteiger partial charge < -0.3 is 15.2 Å². The number of aromatic nitrogens is 6. The molecule has 0 saturated carbocycles. The summed E-state index contributed by atoms with van der Waals surface area (Å²) in [5.41, 5.74) is 3.22. The van der Waals surface area contributed by atoms with Crippen LogP contribution in [0.5, 0.6) is 5.75 Å². The molecule has 0 aliphatic carbocycles. The van der Waals surface area contributed by atoms with Crippen LogP contribution in [-0.2, 0) is 13.2 Å². The van der Waals surface area contributed by atoms with E-state index in [4.69, 9.17) is 16.3 Å². The van der Waals surface area contributed by atoms with Crippen LogP contribution < -0.4 is 10.1 Å². The zero-order valence-electron chi connectivity index (χ0n) is 16.7. The van der Waals surface area contributed by atoms with Gasteiger partial charge in [0.2, 0.25) is 5.95 Å². The van der Waals surface area contributed by atoms with Crippen molar-refractivity contribution in [3.8, 4) is 16.9 Å². The molecule has 0 amide bonds. The Morgan fingerprint density at radius 1 is 1.13 bits per heavy atom. The van der Waals surface area contributed by atoms with E-state index in [1.807, 2.05) is 43.3 Å². The SMILES string of the molecule is C[C@@H](Cn1cnnn1)Oc1cc(-c2cnc(Nc3ccccc3CO)nc2)ccc1Cl. The highest BCUT2D eigenvalue weighted by Crippen LogP contribution is 2.31. The molecule has 10 heteroatoms. The second kappa shape index (κ2) is 9.50. The zero-order chi connectivity index (χ0) is 21.6. The molecule has 158 valence electrons. The smallest absolute Gasteiger partial charge is 0.227 e. The van der Waals surface area contributed by atoms with Crippen molar-refractivity contribution >= 4 is 23.2 Å². The maximum absolute atomic E-state index is 9.46. The molecule has 0 radical (unpaired) electrons. The van der Waals surface area contributed by atoms with Crippen LogP contribution in [0.25, 0.3) is 11.1 Å². The predicted molar refractivity (Wildman–Crippen MR) is 116 cm³/mol. The minimum Gasteiger partial charge on any atom is -0.487 e. The minimum absolute atomic E-state index is 0.0688. The van der Waals surface area contributed by atoms with Gasteiger partial charge in [0.1, 0.15) is 18.2 Å². The average molecular weight is 438 g/mol. The maximum Gasteiger partial charge on any atom is 0.227 e. The number of halogens is 1. The molecule has 4 aromatic rings. The third-order valence-corrected chi connectivity index (χ3v) is 4.83. The summed E-state index contributed by atoms with van der Waals surface area (Å²) >= 11 is 6.32. The highest BCUT2D eigenvalue weighted by Gasteiger charge is 2.12. The molecule has 0 unspecified atom stereocenters. The van der Waals surface area contributed by atoms with Gasteiger partial charge in [0.25, 0.3) is 0 Å². The molecule has 2 aromatic carbocycles. The first-order valence-corrected chi connectivity index (χ1v) is 9.95. The zero-order valence-corrected chi connectivity index (χ0v) is 17.4. The molecule has 31 heavy (non-hydrogen) atoms. The average Bonchev–Trinajstić information content (AvgIpc) is 3.29. The van der Waals surface area contributed by atoms with E-state index in [2.05, 4.69) is 30.8 Å². The van der Waals surface area contributed by atoms with E-state index in [1.54, 1.807) is 23.1 Å². The van der Waals surface area contributed by atoms with Gasteiger partial charge >= 0.3 is 0 Å². The molecular formula is C21H20ClN7O2. The lowest BCUT2D eigenvalue weighted by Gasteiger charge is -2.16. The first kappa shape index (κ1) is 20.7. The Morgan fingerprint density at radius 3 is 2.68 bits per heavy atom. The summed E-state index contributed by atoms with van der Waals surface area (Å²) < 4.78 is 7.58. The third kappa shape index (κ3) is 5.14. The molecule has 2 heterocycles. The van der Waals surface area contributed by atoms with Gasteiger partial charge in [-0.1, -0.05) is 35.9 Å². The second-order valence-electron chi connectivity index (χ2n) is 6.84. The molecule has 2 aromatic heterocycles. The number of rotatable bonds is 8. The van der Waals surface area contributed by atoms with Gasteiger partial charge in [0, 0.05) is 29.2 Å². The molecular weight excluding hydrogens is 418 g/mol. The number of ether oxygens (including phenoxy) is 1. The fourth-order valence-electron chi connectivity index (χ4n) is 3.00. The molecule has 0 fully saturated rings. The summed E-state index contributed by atoms with van der Waals surface area (Å²) in [5.74, 6) is 0.990. The number of nitrogens with one attached hydrogen (secondary N) is 1. The summed E-state index contributed by atoms with van der Waals surface area (Å²) in [6.45, 7) is 2.34. The van der Waals surface area contributed by atoms with E-state index in [9.17, 15) is 5.11 Å². The number of tetrazole rings is 1. The van der Waals surface area contributed by atoms with Crippen molar-refractivity contribution in [2.45, 2.75) is 26.2 Å². The number of benzene rings is 2. The normalized spacial score (nSPS) is 11.8. The molecule has 0 bridgehead atoms. The fourth-order valence-corrected chi connectivity index (χ4v) is 3.16. The summed E-state index contributed by atoms with van der Waals surface area (Å²) in [6, 6.07) is 13.0. The Labute approximate surface area is 183 Å². The summed E-state index contributed by atoms with van der Waals surface area (Å²) in [5, 5.41) is 24.2. The van der Waals surface area contributed by atoms with Crippen molar-refractivity contribution in [1.29, 1.82) is 0 Å².